The van der Waals surface area contributed by atoms with E-state index in [4.69, 9.17) is 5.73 Å². The third-order valence-electron chi connectivity index (χ3n) is 3.32. The first-order valence-electron chi connectivity index (χ1n) is 5.47. The lowest BCUT2D eigenvalue weighted by molar-refractivity contribution is -0.133. The number of piperazine rings is 1. The molecule has 0 bridgehead atoms. The summed E-state index contributed by atoms with van der Waals surface area (Å²) in [5, 5.41) is 3.24. The molecule has 2 rings (SSSR count). The van der Waals surface area contributed by atoms with E-state index in [0.717, 1.165) is 39.0 Å². The van der Waals surface area contributed by atoms with Crippen molar-refractivity contribution in [3.8, 4) is 0 Å². The smallest absolute Gasteiger partial charge is 0.224 e. The molecule has 0 atom stereocenters. The summed E-state index contributed by atoms with van der Waals surface area (Å²) in [4.78, 5) is 13.8. The normalized spacial score (nSPS) is 25.6. The maximum absolute atomic E-state index is 11.8. The Morgan fingerprint density at radius 3 is 2.50 bits per heavy atom. The van der Waals surface area contributed by atoms with Crippen LogP contribution in [0.15, 0.2) is 0 Å². The van der Waals surface area contributed by atoms with E-state index in [1.807, 2.05) is 4.90 Å². The van der Waals surface area contributed by atoms with Crippen molar-refractivity contribution in [3.05, 3.63) is 0 Å². The average molecular weight is 197 g/mol. The Bertz CT molecular complexity index is 219. The summed E-state index contributed by atoms with van der Waals surface area (Å²) in [5.74, 6) is 0.244. The molecule has 2 aliphatic rings. The molecule has 0 spiro atoms. The van der Waals surface area contributed by atoms with Crippen LogP contribution in [0, 0.1) is 0 Å². The standard InChI is InChI=1S/C10H19N3O/c11-10(2-1-3-10)8-9(14)13-6-4-12-5-7-13/h12H,1-8,11H2. The number of amides is 1. The fraction of sp³-hybridized carbons (Fsp3) is 0.900. The third-order valence-corrected chi connectivity index (χ3v) is 3.32. The largest absolute Gasteiger partial charge is 0.340 e. The molecule has 1 saturated heterocycles. The molecular weight excluding hydrogens is 178 g/mol. The second kappa shape index (κ2) is 3.87. The number of nitrogens with one attached hydrogen (secondary N) is 1. The van der Waals surface area contributed by atoms with Crippen molar-refractivity contribution in [2.75, 3.05) is 26.2 Å². The lowest BCUT2D eigenvalue weighted by atomic mass is 9.75. The van der Waals surface area contributed by atoms with Crippen LogP contribution in [-0.4, -0.2) is 42.5 Å². The van der Waals surface area contributed by atoms with Crippen LogP contribution in [-0.2, 0) is 4.79 Å². The molecule has 0 aromatic carbocycles. The summed E-state index contributed by atoms with van der Waals surface area (Å²) in [5.41, 5.74) is 5.88. The van der Waals surface area contributed by atoms with Gasteiger partial charge in [-0.15, -0.1) is 0 Å². The Morgan fingerprint density at radius 2 is 2.00 bits per heavy atom. The molecule has 4 nitrogen and oxygen atoms in total. The Morgan fingerprint density at radius 1 is 1.36 bits per heavy atom. The van der Waals surface area contributed by atoms with Gasteiger partial charge in [-0.2, -0.15) is 0 Å². The van der Waals surface area contributed by atoms with Gasteiger partial charge in [0.25, 0.3) is 0 Å². The van der Waals surface area contributed by atoms with Gasteiger partial charge in [-0.3, -0.25) is 4.79 Å². The van der Waals surface area contributed by atoms with Crippen LogP contribution in [0.25, 0.3) is 0 Å². The summed E-state index contributed by atoms with van der Waals surface area (Å²) >= 11 is 0. The van der Waals surface area contributed by atoms with Gasteiger partial charge >= 0.3 is 0 Å². The highest BCUT2D eigenvalue weighted by atomic mass is 16.2. The number of carbonyl (C=O) groups excluding carboxylic acids is 1. The maximum atomic E-state index is 11.8. The summed E-state index contributed by atoms with van der Waals surface area (Å²) in [6, 6.07) is 0. The Balaban J connectivity index is 1.81. The molecule has 1 amide bonds. The van der Waals surface area contributed by atoms with E-state index in [-0.39, 0.29) is 11.4 Å². The zero-order valence-electron chi connectivity index (χ0n) is 8.59. The fourth-order valence-electron chi connectivity index (χ4n) is 2.13. The van der Waals surface area contributed by atoms with Crippen LogP contribution >= 0.6 is 0 Å². The molecule has 3 N–H and O–H groups in total. The second-order valence-corrected chi connectivity index (χ2v) is 4.52. The van der Waals surface area contributed by atoms with Crippen molar-refractivity contribution in [2.24, 2.45) is 5.73 Å². The Kier molecular flexibility index (Phi) is 2.74. The monoisotopic (exact) mass is 197 g/mol. The molecule has 1 aliphatic heterocycles. The lowest BCUT2D eigenvalue weighted by Crippen LogP contribution is -2.53. The highest BCUT2D eigenvalue weighted by Crippen LogP contribution is 2.32. The molecule has 0 unspecified atom stereocenters. The zero-order chi connectivity index (χ0) is 10.0. The Labute approximate surface area is 84.8 Å². The van der Waals surface area contributed by atoms with Crippen molar-refractivity contribution < 1.29 is 4.79 Å². The number of hydrogen-bond acceptors (Lipinski definition) is 3. The molecule has 1 heterocycles. The van der Waals surface area contributed by atoms with Gasteiger partial charge in [0.1, 0.15) is 0 Å². The summed E-state index contributed by atoms with van der Waals surface area (Å²) in [6.07, 6.45) is 3.77. The van der Waals surface area contributed by atoms with E-state index < -0.39 is 0 Å². The van der Waals surface area contributed by atoms with Crippen LogP contribution < -0.4 is 11.1 Å². The molecule has 4 heteroatoms. The molecule has 1 aliphatic carbocycles. The van der Waals surface area contributed by atoms with Gasteiger partial charge in [-0.05, 0) is 19.3 Å². The highest BCUT2D eigenvalue weighted by Gasteiger charge is 2.36. The first-order chi connectivity index (χ1) is 6.70. The maximum Gasteiger partial charge on any atom is 0.224 e. The van der Waals surface area contributed by atoms with E-state index in [1.165, 1.54) is 6.42 Å². The number of hydrogen-bond donors (Lipinski definition) is 2. The minimum atomic E-state index is -0.165. The predicted octanol–water partition coefficient (Wildman–Crippen LogP) is -0.310. The van der Waals surface area contributed by atoms with E-state index in [2.05, 4.69) is 5.32 Å². The molecule has 0 aromatic heterocycles. The van der Waals surface area contributed by atoms with Crippen LogP contribution in [0.3, 0.4) is 0 Å². The quantitative estimate of drug-likeness (QED) is 0.638. The van der Waals surface area contributed by atoms with Crippen molar-refractivity contribution in [3.63, 3.8) is 0 Å². The van der Waals surface area contributed by atoms with Gasteiger partial charge in [0.2, 0.25) is 5.91 Å². The summed E-state index contributed by atoms with van der Waals surface area (Å²) < 4.78 is 0. The van der Waals surface area contributed by atoms with Gasteiger partial charge in [-0.1, -0.05) is 0 Å². The lowest BCUT2D eigenvalue weighted by Gasteiger charge is -2.39. The fourth-order valence-corrected chi connectivity index (χ4v) is 2.13. The third kappa shape index (κ3) is 2.07. The van der Waals surface area contributed by atoms with Gasteiger partial charge in [0.15, 0.2) is 0 Å². The molecule has 0 aromatic rings. The minimum absolute atomic E-state index is 0.165. The molecule has 1 saturated carbocycles. The number of nitrogens with zero attached hydrogens (tertiary/aromatic N) is 1. The van der Waals surface area contributed by atoms with Crippen LogP contribution in [0.5, 0.6) is 0 Å². The van der Waals surface area contributed by atoms with Crippen LogP contribution in [0.1, 0.15) is 25.7 Å². The summed E-state index contributed by atoms with van der Waals surface area (Å²) in [6.45, 7) is 3.52. The van der Waals surface area contributed by atoms with Gasteiger partial charge < -0.3 is 16.0 Å². The van der Waals surface area contributed by atoms with Gasteiger partial charge in [0, 0.05) is 38.1 Å². The van der Waals surface area contributed by atoms with Crippen molar-refractivity contribution in [1.29, 1.82) is 0 Å². The SMILES string of the molecule is NC1(CC(=O)N2CCNCC2)CCC1. The number of nitrogens with two attached hydrogens (primary N) is 1. The number of carbonyl (C=O) groups is 1. The second-order valence-electron chi connectivity index (χ2n) is 4.52. The van der Waals surface area contributed by atoms with Crippen molar-refractivity contribution in [2.45, 2.75) is 31.2 Å². The van der Waals surface area contributed by atoms with E-state index in [0.29, 0.717) is 6.42 Å². The topological polar surface area (TPSA) is 58.4 Å². The molecule has 2 fully saturated rings. The average Bonchev–Trinajstić information content (AvgIpc) is 2.17. The Hall–Kier alpha value is -0.610. The number of rotatable bonds is 2. The first kappa shape index (κ1) is 9.93. The molecule has 80 valence electrons. The summed E-state index contributed by atoms with van der Waals surface area (Å²) in [7, 11) is 0. The molecule has 0 radical (unpaired) electrons. The first-order valence-corrected chi connectivity index (χ1v) is 5.47. The van der Waals surface area contributed by atoms with E-state index in [9.17, 15) is 4.79 Å². The predicted molar refractivity (Wildman–Crippen MR) is 54.8 cm³/mol. The van der Waals surface area contributed by atoms with Gasteiger partial charge in [-0.25, -0.2) is 0 Å². The van der Waals surface area contributed by atoms with E-state index >= 15 is 0 Å². The van der Waals surface area contributed by atoms with E-state index in [1.54, 1.807) is 0 Å². The van der Waals surface area contributed by atoms with Crippen LogP contribution in [0.4, 0.5) is 0 Å². The van der Waals surface area contributed by atoms with Crippen molar-refractivity contribution in [1.82, 2.24) is 10.2 Å². The van der Waals surface area contributed by atoms with Crippen LogP contribution in [0.2, 0.25) is 0 Å². The van der Waals surface area contributed by atoms with Crippen molar-refractivity contribution >= 4 is 5.91 Å². The molecular formula is C10H19N3O. The zero-order valence-corrected chi connectivity index (χ0v) is 8.59. The highest BCUT2D eigenvalue weighted by molar-refractivity contribution is 5.77. The molecule has 14 heavy (non-hydrogen) atoms. The minimum Gasteiger partial charge on any atom is -0.340 e. The van der Waals surface area contributed by atoms with Gasteiger partial charge in [0.05, 0.1) is 0 Å².